The molecule has 0 spiro atoms. The van der Waals surface area contributed by atoms with Crippen molar-refractivity contribution in [2.45, 2.75) is 13.0 Å². The van der Waals surface area contributed by atoms with E-state index < -0.39 is 17.1 Å². The molecule has 1 N–H and O–H groups in total. The fourth-order valence-corrected chi connectivity index (χ4v) is 2.13. The van der Waals surface area contributed by atoms with Crippen LogP contribution in [0.15, 0.2) is 48.5 Å². The topological polar surface area (TPSA) is 81.5 Å². The Hall–Kier alpha value is -2.60. The molecule has 2 aromatic carbocycles. The molecular formula is C15H13ClN2O4. The fourth-order valence-electron chi connectivity index (χ4n) is 1.84. The second-order valence-electron chi connectivity index (χ2n) is 4.50. The summed E-state index contributed by atoms with van der Waals surface area (Å²) in [7, 11) is 0. The number of nitrogens with one attached hydrogen (secondary N) is 1. The van der Waals surface area contributed by atoms with E-state index in [2.05, 4.69) is 5.32 Å². The van der Waals surface area contributed by atoms with Crippen LogP contribution >= 0.6 is 11.6 Å². The van der Waals surface area contributed by atoms with Gasteiger partial charge in [0.2, 0.25) is 0 Å². The van der Waals surface area contributed by atoms with E-state index in [9.17, 15) is 14.9 Å². The van der Waals surface area contributed by atoms with Gasteiger partial charge in [0, 0.05) is 28.4 Å². The highest BCUT2D eigenvalue weighted by atomic mass is 35.5. The lowest BCUT2D eigenvalue weighted by Crippen LogP contribution is -2.16. The number of nitro benzene ring substituents is 1. The van der Waals surface area contributed by atoms with Crippen molar-refractivity contribution in [1.29, 1.82) is 0 Å². The van der Waals surface area contributed by atoms with Gasteiger partial charge in [0.05, 0.1) is 4.92 Å². The minimum atomic E-state index is -0.665. The van der Waals surface area contributed by atoms with Crippen molar-refractivity contribution < 1.29 is 14.5 Å². The summed E-state index contributed by atoms with van der Waals surface area (Å²) in [5.74, 6) is 0. The van der Waals surface area contributed by atoms with Gasteiger partial charge in [-0.3, -0.25) is 15.4 Å². The number of non-ortho nitro benzene ring substituents is 1. The Bertz CT molecular complexity index is 688. The van der Waals surface area contributed by atoms with Crippen LogP contribution in [0.5, 0.6) is 0 Å². The fraction of sp³-hybridized carbons (Fsp3) is 0.133. The van der Waals surface area contributed by atoms with Crippen molar-refractivity contribution >= 4 is 29.1 Å². The van der Waals surface area contributed by atoms with Gasteiger partial charge in [-0.2, -0.15) is 0 Å². The number of halogens is 1. The van der Waals surface area contributed by atoms with Crippen molar-refractivity contribution in [3.8, 4) is 0 Å². The van der Waals surface area contributed by atoms with Gasteiger partial charge in [-0.1, -0.05) is 29.8 Å². The quantitative estimate of drug-likeness (QED) is 0.661. The molecule has 1 unspecified atom stereocenters. The number of amides is 1. The minimum Gasteiger partial charge on any atom is -0.441 e. The predicted molar refractivity (Wildman–Crippen MR) is 83.1 cm³/mol. The molecule has 0 aliphatic heterocycles. The van der Waals surface area contributed by atoms with Crippen LogP contribution in [0.25, 0.3) is 0 Å². The average molecular weight is 321 g/mol. The molecule has 0 saturated heterocycles. The number of hydrogen-bond acceptors (Lipinski definition) is 4. The second-order valence-corrected chi connectivity index (χ2v) is 4.91. The molecule has 0 radical (unpaired) electrons. The Morgan fingerprint density at radius 2 is 1.86 bits per heavy atom. The number of ether oxygens (including phenoxy) is 1. The summed E-state index contributed by atoms with van der Waals surface area (Å²) in [6.45, 7) is 1.70. The van der Waals surface area contributed by atoms with E-state index in [1.807, 2.05) is 0 Å². The van der Waals surface area contributed by atoms with Gasteiger partial charge in [0.25, 0.3) is 5.69 Å². The third-order valence-electron chi connectivity index (χ3n) is 2.95. The van der Waals surface area contributed by atoms with Crippen molar-refractivity contribution in [3.05, 3.63) is 69.2 Å². The summed E-state index contributed by atoms with van der Waals surface area (Å²) in [6.07, 6.45) is -1.19. The largest absolute Gasteiger partial charge is 0.441 e. The summed E-state index contributed by atoms with van der Waals surface area (Å²) >= 11 is 6.03. The normalized spacial score (nSPS) is 11.5. The molecule has 2 rings (SSSR count). The number of rotatable bonds is 4. The van der Waals surface area contributed by atoms with Crippen LogP contribution in [0.1, 0.15) is 18.6 Å². The van der Waals surface area contributed by atoms with Gasteiger partial charge in [-0.05, 0) is 25.1 Å². The van der Waals surface area contributed by atoms with Crippen molar-refractivity contribution in [2.24, 2.45) is 0 Å². The number of nitro groups is 1. The molecule has 1 amide bonds. The molecule has 7 heteroatoms. The van der Waals surface area contributed by atoms with Gasteiger partial charge < -0.3 is 4.74 Å². The lowest BCUT2D eigenvalue weighted by molar-refractivity contribution is -0.384. The maximum absolute atomic E-state index is 11.8. The van der Waals surface area contributed by atoms with Crippen LogP contribution < -0.4 is 5.32 Å². The number of carbonyl (C=O) groups is 1. The number of nitrogens with zero attached hydrogens (tertiary/aromatic N) is 1. The van der Waals surface area contributed by atoms with Gasteiger partial charge in [0.15, 0.2) is 0 Å². The van der Waals surface area contributed by atoms with Gasteiger partial charge in [0.1, 0.15) is 6.10 Å². The molecule has 0 aliphatic rings. The Kier molecular flexibility index (Phi) is 4.95. The number of benzene rings is 2. The summed E-state index contributed by atoms with van der Waals surface area (Å²) < 4.78 is 5.23. The molecule has 0 aromatic heterocycles. The number of carbonyl (C=O) groups excluding carboxylic acids is 1. The average Bonchev–Trinajstić information content (AvgIpc) is 2.48. The Labute approximate surface area is 131 Å². The molecule has 0 heterocycles. The van der Waals surface area contributed by atoms with E-state index in [1.165, 1.54) is 24.3 Å². The molecule has 114 valence electrons. The first-order valence-corrected chi connectivity index (χ1v) is 6.81. The zero-order valence-electron chi connectivity index (χ0n) is 11.7. The highest BCUT2D eigenvalue weighted by Gasteiger charge is 2.14. The number of anilines is 1. The zero-order valence-corrected chi connectivity index (χ0v) is 12.4. The van der Waals surface area contributed by atoms with Gasteiger partial charge >= 0.3 is 6.09 Å². The first-order valence-electron chi connectivity index (χ1n) is 6.44. The predicted octanol–water partition coefficient (Wildman–Crippen LogP) is 4.56. The maximum Gasteiger partial charge on any atom is 0.412 e. The van der Waals surface area contributed by atoms with Crippen LogP contribution in [0, 0.1) is 10.1 Å². The third-order valence-corrected chi connectivity index (χ3v) is 3.30. The lowest BCUT2D eigenvalue weighted by atomic mass is 10.1. The zero-order chi connectivity index (χ0) is 16.1. The van der Waals surface area contributed by atoms with Crippen molar-refractivity contribution in [1.82, 2.24) is 0 Å². The molecule has 6 nitrogen and oxygen atoms in total. The van der Waals surface area contributed by atoms with Crippen LogP contribution in [-0.2, 0) is 4.74 Å². The Morgan fingerprint density at radius 3 is 2.45 bits per heavy atom. The summed E-state index contributed by atoms with van der Waals surface area (Å²) in [6, 6.07) is 12.5. The van der Waals surface area contributed by atoms with Crippen LogP contribution in [0.3, 0.4) is 0 Å². The summed E-state index contributed by atoms with van der Waals surface area (Å²) in [4.78, 5) is 21.9. The van der Waals surface area contributed by atoms with Gasteiger partial charge in [-0.15, -0.1) is 0 Å². The van der Waals surface area contributed by atoms with Crippen LogP contribution in [0.2, 0.25) is 5.02 Å². The highest BCUT2D eigenvalue weighted by molar-refractivity contribution is 6.31. The van der Waals surface area contributed by atoms with E-state index in [0.717, 1.165) is 0 Å². The molecule has 1 atom stereocenters. The molecule has 0 bridgehead atoms. The molecular weight excluding hydrogens is 308 g/mol. The Balaban J connectivity index is 1.98. The van der Waals surface area contributed by atoms with Crippen LogP contribution in [-0.4, -0.2) is 11.0 Å². The van der Waals surface area contributed by atoms with E-state index in [-0.39, 0.29) is 5.69 Å². The Morgan fingerprint density at radius 1 is 1.23 bits per heavy atom. The van der Waals surface area contributed by atoms with E-state index in [1.54, 1.807) is 31.2 Å². The lowest BCUT2D eigenvalue weighted by Gasteiger charge is -2.15. The first kappa shape index (κ1) is 15.8. The smallest absolute Gasteiger partial charge is 0.412 e. The summed E-state index contributed by atoms with van der Waals surface area (Å²) in [5, 5.41) is 13.6. The third kappa shape index (κ3) is 3.95. The van der Waals surface area contributed by atoms with Crippen molar-refractivity contribution in [3.63, 3.8) is 0 Å². The first-order chi connectivity index (χ1) is 10.5. The maximum atomic E-state index is 11.8. The number of hydrogen-bond donors (Lipinski definition) is 1. The molecule has 0 saturated carbocycles. The monoisotopic (exact) mass is 320 g/mol. The molecule has 0 fully saturated rings. The van der Waals surface area contributed by atoms with Crippen LogP contribution in [0.4, 0.5) is 16.2 Å². The molecule has 22 heavy (non-hydrogen) atoms. The summed E-state index contributed by atoms with van der Waals surface area (Å²) in [5.41, 5.74) is 1.05. The van der Waals surface area contributed by atoms with E-state index >= 15 is 0 Å². The molecule has 2 aromatic rings. The SMILES string of the molecule is CC(OC(=O)Nc1ccc([N+](=O)[O-])cc1)c1ccccc1Cl. The molecule has 0 aliphatic carbocycles. The second kappa shape index (κ2) is 6.91. The van der Waals surface area contributed by atoms with E-state index in [0.29, 0.717) is 16.3 Å². The van der Waals surface area contributed by atoms with Gasteiger partial charge in [-0.25, -0.2) is 4.79 Å². The highest BCUT2D eigenvalue weighted by Crippen LogP contribution is 2.25. The standard InChI is InChI=1S/C15H13ClN2O4/c1-10(13-4-2-3-5-14(13)16)22-15(19)17-11-6-8-12(9-7-11)18(20)21/h2-10H,1H3,(H,17,19). The van der Waals surface area contributed by atoms with Crippen molar-refractivity contribution in [2.75, 3.05) is 5.32 Å². The minimum absolute atomic E-state index is 0.0525. The van der Waals surface area contributed by atoms with E-state index in [4.69, 9.17) is 16.3 Å².